The Hall–Kier alpha value is -4.37. The van der Waals surface area contributed by atoms with E-state index in [9.17, 15) is 9.59 Å². The van der Waals surface area contributed by atoms with Crippen molar-refractivity contribution in [1.82, 2.24) is 4.90 Å². The molecule has 2 N–H and O–H groups in total. The van der Waals surface area contributed by atoms with Crippen molar-refractivity contribution in [2.24, 2.45) is 5.92 Å². The second-order valence-electron chi connectivity index (χ2n) is 11.3. The Balaban J connectivity index is 1.55. The molecular weight excluding hydrogens is 534 g/mol. The standard InChI is InChI=1S/C33H33N3O6/c1-5-18-10-8-12-21-27(18)35-31(39)33(21)32(20-11-6-7-13-22(20)34-30(32)38)26(23-14-9-15-36(23)33)28(37)19-16-24(40-2)29(42-4)25(17-19)41-3/h6-8,10-13,16-17,23,26H,5,9,14-15H2,1-4H3,(H,34,38)(H,35,39)/t23-,26-,32-,33+/m1/s1. The maximum absolute atomic E-state index is 15.0. The zero-order chi connectivity index (χ0) is 29.4. The molecule has 0 unspecified atom stereocenters. The fourth-order valence-electron chi connectivity index (χ4n) is 8.36. The van der Waals surface area contributed by atoms with Crippen LogP contribution in [-0.4, -0.2) is 56.4 Å². The predicted octanol–water partition coefficient (Wildman–Crippen LogP) is 4.29. The number of fused-ring (bicyclic) bond motifs is 7. The molecule has 2 amide bonds. The normalized spacial score (nSPS) is 27.0. The van der Waals surface area contributed by atoms with E-state index >= 15 is 4.79 Å². The number of ketones is 1. The molecule has 9 nitrogen and oxygen atoms in total. The molecule has 0 radical (unpaired) electrons. The van der Waals surface area contributed by atoms with Gasteiger partial charge in [0.25, 0.3) is 5.91 Å². The molecule has 0 aromatic heterocycles. The molecule has 4 aliphatic heterocycles. The van der Waals surface area contributed by atoms with Crippen molar-refractivity contribution in [3.63, 3.8) is 0 Å². The van der Waals surface area contributed by atoms with Crippen LogP contribution in [0.1, 0.15) is 46.8 Å². The monoisotopic (exact) mass is 567 g/mol. The third kappa shape index (κ3) is 2.99. The van der Waals surface area contributed by atoms with E-state index in [4.69, 9.17) is 14.2 Å². The highest BCUT2D eigenvalue weighted by Gasteiger charge is 2.81. The van der Waals surface area contributed by atoms with Gasteiger partial charge in [0.05, 0.1) is 27.2 Å². The first kappa shape index (κ1) is 26.5. The number of methoxy groups -OCH3 is 3. The van der Waals surface area contributed by atoms with Gasteiger partial charge in [-0.2, -0.15) is 0 Å². The highest BCUT2D eigenvalue weighted by atomic mass is 16.5. The van der Waals surface area contributed by atoms with Crippen molar-refractivity contribution in [2.45, 2.75) is 43.2 Å². The number of benzene rings is 3. The van der Waals surface area contributed by atoms with Crippen LogP contribution in [0, 0.1) is 5.92 Å². The lowest BCUT2D eigenvalue weighted by atomic mass is 9.57. The molecule has 0 saturated carbocycles. The maximum atomic E-state index is 15.0. The number of amides is 2. The average Bonchev–Trinajstić information content (AvgIpc) is 3.74. The number of carbonyl (C=O) groups excluding carboxylic acids is 3. The van der Waals surface area contributed by atoms with Gasteiger partial charge in [-0.3, -0.25) is 19.3 Å². The predicted molar refractivity (Wildman–Crippen MR) is 157 cm³/mol. The van der Waals surface area contributed by atoms with Crippen molar-refractivity contribution in [3.8, 4) is 17.2 Å². The number of anilines is 2. The Bertz CT molecular complexity index is 1640. The van der Waals surface area contributed by atoms with Crippen LogP contribution >= 0.6 is 0 Å². The quantitative estimate of drug-likeness (QED) is 0.428. The third-order valence-corrected chi connectivity index (χ3v) is 9.83. The van der Waals surface area contributed by atoms with Crippen LogP contribution in [0.15, 0.2) is 54.6 Å². The number of rotatable bonds is 6. The second kappa shape index (κ2) is 9.32. The maximum Gasteiger partial charge on any atom is 0.251 e. The Morgan fingerprint density at radius 2 is 1.64 bits per heavy atom. The molecule has 0 aliphatic carbocycles. The molecule has 3 aromatic rings. The van der Waals surface area contributed by atoms with Gasteiger partial charge in [0, 0.05) is 28.5 Å². The summed E-state index contributed by atoms with van der Waals surface area (Å²) in [5, 5.41) is 6.27. The zero-order valence-corrected chi connectivity index (χ0v) is 24.1. The Morgan fingerprint density at radius 3 is 2.33 bits per heavy atom. The zero-order valence-electron chi connectivity index (χ0n) is 24.1. The minimum absolute atomic E-state index is 0.247. The minimum atomic E-state index is -1.52. The van der Waals surface area contributed by atoms with E-state index in [1.165, 1.54) is 21.3 Å². The lowest BCUT2D eigenvalue weighted by Gasteiger charge is -2.43. The molecule has 42 heavy (non-hydrogen) atoms. The van der Waals surface area contributed by atoms with Gasteiger partial charge >= 0.3 is 0 Å². The smallest absolute Gasteiger partial charge is 0.251 e. The van der Waals surface area contributed by atoms with Crippen LogP contribution in [0.4, 0.5) is 11.4 Å². The molecule has 4 aliphatic rings. The van der Waals surface area contributed by atoms with Gasteiger partial charge in [-0.25, -0.2) is 0 Å². The summed E-state index contributed by atoms with van der Waals surface area (Å²) >= 11 is 0. The van der Waals surface area contributed by atoms with Crippen molar-refractivity contribution >= 4 is 29.0 Å². The van der Waals surface area contributed by atoms with Gasteiger partial charge in [0.1, 0.15) is 11.0 Å². The van der Waals surface area contributed by atoms with Gasteiger partial charge in [0.2, 0.25) is 11.7 Å². The Kier molecular flexibility index (Phi) is 5.89. The Morgan fingerprint density at radius 1 is 0.929 bits per heavy atom. The van der Waals surface area contributed by atoms with Gasteiger partial charge < -0.3 is 24.8 Å². The van der Waals surface area contributed by atoms with Crippen molar-refractivity contribution < 1.29 is 28.6 Å². The van der Waals surface area contributed by atoms with Crippen molar-refractivity contribution in [3.05, 3.63) is 76.9 Å². The molecule has 0 bridgehead atoms. The number of nitrogens with zero attached hydrogens (tertiary/aromatic N) is 1. The SMILES string of the molecule is CCc1cccc2c1NC(=O)[C@@]21N2CCC[C@@H]2[C@H](C(=O)c2cc(OC)c(OC)c(OC)c2)[C@]12C(=O)Nc1ccccc12. The lowest BCUT2D eigenvalue weighted by Crippen LogP contribution is -2.62. The number of aryl methyl sites for hydroxylation is 1. The van der Waals surface area contributed by atoms with Crippen LogP contribution in [0.2, 0.25) is 0 Å². The molecule has 7 rings (SSSR count). The van der Waals surface area contributed by atoms with E-state index in [1.54, 1.807) is 12.1 Å². The van der Waals surface area contributed by atoms with Crippen molar-refractivity contribution in [2.75, 3.05) is 38.5 Å². The molecule has 3 aromatic carbocycles. The van der Waals surface area contributed by atoms with E-state index in [1.807, 2.05) is 49.4 Å². The third-order valence-electron chi connectivity index (χ3n) is 9.83. The van der Waals surface area contributed by atoms with E-state index in [0.29, 0.717) is 53.4 Å². The number of ether oxygens (including phenoxy) is 3. The molecule has 2 saturated heterocycles. The summed E-state index contributed by atoms with van der Waals surface area (Å²) in [6, 6.07) is 16.3. The first-order valence-corrected chi connectivity index (χ1v) is 14.4. The molecule has 216 valence electrons. The van der Waals surface area contributed by atoms with Gasteiger partial charge in [-0.1, -0.05) is 43.3 Å². The van der Waals surface area contributed by atoms with Gasteiger partial charge in [-0.15, -0.1) is 0 Å². The van der Waals surface area contributed by atoms with Crippen LogP contribution in [0.3, 0.4) is 0 Å². The van der Waals surface area contributed by atoms with Gasteiger partial charge in [-0.05, 0) is 55.1 Å². The number of carbonyl (C=O) groups is 3. The number of hydrogen-bond acceptors (Lipinski definition) is 7. The second-order valence-corrected chi connectivity index (χ2v) is 11.3. The number of hydrogen-bond donors (Lipinski definition) is 2. The molecule has 9 heteroatoms. The fourth-order valence-corrected chi connectivity index (χ4v) is 8.36. The number of nitrogens with one attached hydrogen (secondary N) is 2. The molecule has 4 heterocycles. The van der Waals surface area contributed by atoms with E-state index in [2.05, 4.69) is 15.5 Å². The van der Waals surface area contributed by atoms with Crippen molar-refractivity contribution in [1.29, 1.82) is 0 Å². The highest BCUT2D eigenvalue weighted by Crippen LogP contribution is 2.68. The largest absolute Gasteiger partial charge is 0.493 e. The molecule has 2 fully saturated rings. The summed E-state index contributed by atoms with van der Waals surface area (Å²) in [6.07, 6.45) is 2.20. The summed E-state index contributed by atoms with van der Waals surface area (Å²) in [5.41, 5.74) is 1.18. The molecular formula is C33H33N3O6. The fraction of sp³-hybridized carbons (Fsp3) is 0.364. The van der Waals surface area contributed by atoms with E-state index < -0.39 is 16.9 Å². The summed E-state index contributed by atoms with van der Waals surface area (Å²) in [5.74, 6) is -0.657. The summed E-state index contributed by atoms with van der Waals surface area (Å²) in [7, 11) is 4.51. The van der Waals surface area contributed by atoms with Crippen LogP contribution in [0.25, 0.3) is 0 Å². The number of Topliss-reactive ketones (excluding diaryl/α,β-unsaturated/α-hetero) is 1. The lowest BCUT2D eigenvalue weighted by molar-refractivity contribution is -0.137. The highest BCUT2D eigenvalue weighted by molar-refractivity contribution is 6.21. The first-order chi connectivity index (χ1) is 20.4. The molecule has 2 spiro atoms. The van der Waals surface area contributed by atoms with E-state index in [-0.39, 0.29) is 23.6 Å². The first-order valence-electron chi connectivity index (χ1n) is 14.4. The van der Waals surface area contributed by atoms with Gasteiger partial charge in [0.15, 0.2) is 17.3 Å². The average molecular weight is 568 g/mol. The van der Waals surface area contributed by atoms with Crippen LogP contribution < -0.4 is 24.8 Å². The summed E-state index contributed by atoms with van der Waals surface area (Å²) in [4.78, 5) is 46.6. The summed E-state index contributed by atoms with van der Waals surface area (Å²) < 4.78 is 16.7. The topological polar surface area (TPSA) is 106 Å². The Labute approximate surface area is 244 Å². The minimum Gasteiger partial charge on any atom is -0.493 e. The van der Waals surface area contributed by atoms with Crippen LogP contribution in [0.5, 0.6) is 17.2 Å². The van der Waals surface area contributed by atoms with E-state index in [0.717, 1.165) is 23.2 Å². The summed E-state index contributed by atoms with van der Waals surface area (Å²) in [6.45, 7) is 2.63. The van der Waals surface area contributed by atoms with Crippen LogP contribution in [-0.2, 0) is 27.0 Å². The molecule has 4 atom stereocenters. The number of para-hydroxylation sites is 2.